The van der Waals surface area contributed by atoms with E-state index in [0.29, 0.717) is 26.5 Å². The molecule has 1 N–H and O–H groups in total. The summed E-state index contributed by atoms with van der Waals surface area (Å²) in [6.07, 6.45) is 0.737. The van der Waals surface area contributed by atoms with Crippen LogP contribution in [0.1, 0.15) is 10.4 Å². The van der Waals surface area contributed by atoms with E-state index in [1.807, 2.05) is 6.07 Å². The lowest BCUT2D eigenvalue weighted by atomic mass is 10.1. The standard InChI is InChI=1S/C13H7ClFNOS/c14-11-5-4-10(18-11)13-8(6-17)7-2-1-3-9(15)12(7)16-13/h1-6,16H. The molecule has 3 aromatic rings. The van der Waals surface area contributed by atoms with E-state index in [9.17, 15) is 9.18 Å². The van der Waals surface area contributed by atoms with Gasteiger partial charge in [-0.25, -0.2) is 4.39 Å². The van der Waals surface area contributed by atoms with Crippen molar-refractivity contribution < 1.29 is 9.18 Å². The highest BCUT2D eigenvalue weighted by molar-refractivity contribution is 7.19. The zero-order chi connectivity index (χ0) is 12.7. The number of hydrogen-bond acceptors (Lipinski definition) is 2. The number of fused-ring (bicyclic) bond motifs is 1. The molecule has 5 heteroatoms. The van der Waals surface area contributed by atoms with Gasteiger partial charge in [0.15, 0.2) is 6.29 Å². The number of H-pyrrole nitrogens is 1. The first-order valence-corrected chi connectivity index (χ1v) is 6.41. The highest BCUT2D eigenvalue weighted by Crippen LogP contribution is 2.35. The molecule has 0 saturated heterocycles. The van der Waals surface area contributed by atoms with Gasteiger partial charge in [-0.1, -0.05) is 23.7 Å². The van der Waals surface area contributed by atoms with E-state index in [0.717, 1.165) is 11.2 Å². The summed E-state index contributed by atoms with van der Waals surface area (Å²) in [4.78, 5) is 15.0. The number of para-hydroxylation sites is 1. The van der Waals surface area contributed by atoms with Crippen molar-refractivity contribution in [2.45, 2.75) is 0 Å². The van der Waals surface area contributed by atoms with Crippen molar-refractivity contribution in [2.75, 3.05) is 0 Å². The average molecular weight is 280 g/mol. The quantitative estimate of drug-likeness (QED) is 0.688. The van der Waals surface area contributed by atoms with Crippen molar-refractivity contribution >= 4 is 40.1 Å². The number of carbonyl (C=O) groups excluding carboxylic acids is 1. The molecule has 0 unspecified atom stereocenters. The van der Waals surface area contributed by atoms with Gasteiger partial charge in [-0.3, -0.25) is 4.79 Å². The Balaban J connectivity index is 2.36. The van der Waals surface area contributed by atoms with Crippen molar-refractivity contribution in [3.63, 3.8) is 0 Å². The van der Waals surface area contributed by atoms with Crippen LogP contribution in [0.2, 0.25) is 4.34 Å². The lowest BCUT2D eigenvalue weighted by molar-refractivity contribution is 0.112. The Morgan fingerprint density at radius 1 is 1.28 bits per heavy atom. The van der Waals surface area contributed by atoms with Gasteiger partial charge in [0, 0.05) is 10.9 Å². The van der Waals surface area contributed by atoms with E-state index in [2.05, 4.69) is 4.98 Å². The molecular weight excluding hydrogens is 273 g/mol. The SMILES string of the molecule is O=Cc1c(-c2ccc(Cl)s2)[nH]c2c(F)cccc12. The Kier molecular flexibility index (Phi) is 2.69. The molecule has 18 heavy (non-hydrogen) atoms. The van der Waals surface area contributed by atoms with E-state index in [1.165, 1.54) is 17.4 Å². The predicted molar refractivity (Wildman–Crippen MR) is 72.0 cm³/mol. The first kappa shape index (κ1) is 11.4. The van der Waals surface area contributed by atoms with Crippen LogP contribution in [0.3, 0.4) is 0 Å². The number of halogens is 2. The number of aromatic amines is 1. The van der Waals surface area contributed by atoms with Gasteiger partial charge in [-0.2, -0.15) is 0 Å². The highest BCUT2D eigenvalue weighted by atomic mass is 35.5. The minimum atomic E-state index is -0.371. The minimum Gasteiger partial charge on any atom is -0.351 e. The molecule has 0 fully saturated rings. The zero-order valence-corrected chi connectivity index (χ0v) is 10.6. The maximum absolute atomic E-state index is 13.7. The van der Waals surface area contributed by atoms with Crippen molar-refractivity contribution in [2.24, 2.45) is 0 Å². The van der Waals surface area contributed by atoms with Crippen LogP contribution in [0, 0.1) is 5.82 Å². The predicted octanol–water partition coefficient (Wildman–Crippen LogP) is 4.50. The molecule has 0 aliphatic carbocycles. The minimum absolute atomic E-state index is 0.346. The van der Waals surface area contributed by atoms with Crippen molar-refractivity contribution in [3.05, 3.63) is 46.0 Å². The van der Waals surface area contributed by atoms with Crippen LogP contribution in [0.5, 0.6) is 0 Å². The fourth-order valence-corrected chi connectivity index (χ4v) is 3.03. The summed E-state index contributed by atoms with van der Waals surface area (Å²) < 4.78 is 14.3. The number of benzene rings is 1. The number of carbonyl (C=O) groups is 1. The number of aromatic nitrogens is 1. The summed E-state index contributed by atoms with van der Waals surface area (Å²) >= 11 is 7.22. The summed E-state index contributed by atoms with van der Waals surface area (Å²) in [5.41, 5.74) is 1.42. The monoisotopic (exact) mass is 279 g/mol. The van der Waals surface area contributed by atoms with Crippen LogP contribution in [0.4, 0.5) is 4.39 Å². The number of thiophene rings is 1. The topological polar surface area (TPSA) is 32.9 Å². The van der Waals surface area contributed by atoms with Crippen molar-refractivity contribution in [1.29, 1.82) is 0 Å². The summed E-state index contributed by atoms with van der Waals surface area (Å²) in [6.45, 7) is 0. The average Bonchev–Trinajstić information content (AvgIpc) is 2.93. The molecule has 0 amide bonds. The van der Waals surface area contributed by atoms with Crippen LogP contribution in [-0.4, -0.2) is 11.3 Å². The molecule has 2 heterocycles. The van der Waals surface area contributed by atoms with E-state index >= 15 is 0 Å². The third kappa shape index (κ3) is 1.65. The van der Waals surface area contributed by atoms with E-state index in [4.69, 9.17) is 11.6 Å². The maximum Gasteiger partial charge on any atom is 0.152 e. The first-order chi connectivity index (χ1) is 8.70. The van der Waals surface area contributed by atoms with Crippen molar-refractivity contribution in [3.8, 4) is 10.6 Å². The second kappa shape index (κ2) is 4.23. The summed E-state index contributed by atoms with van der Waals surface area (Å²) in [7, 11) is 0. The van der Waals surface area contributed by atoms with E-state index < -0.39 is 0 Å². The second-order valence-electron chi connectivity index (χ2n) is 3.80. The number of hydrogen-bond donors (Lipinski definition) is 1. The van der Waals surface area contributed by atoms with E-state index in [1.54, 1.807) is 18.2 Å². The fraction of sp³-hybridized carbons (Fsp3) is 0. The second-order valence-corrected chi connectivity index (χ2v) is 5.51. The molecule has 1 aromatic carbocycles. The molecule has 0 bridgehead atoms. The molecule has 2 aromatic heterocycles. The summed E-state index contributed by atoms with van der Waals surface area (Å²) in [5.74, 6) is -0.371. The largest absolute Gasteiger partial charge is 0.351 e. The smallest absolute Gasteiger partial charge is 0.152 e. The Bertz CT molecular complexity index is 747. The van der Waals surface area contributed by atoms with Crippen molar-refractivity contribution in [1.82, 2.24) is 4.98 Å². The molecule has 0 saturated carbocycles. The number of nitrogens with one attached hydrogen (secondary N) is 1. The van der Waals surface area contributed by atoms with Gasteiger partial charge in [-0.15, -0.1) is 11.3 Å². The van der Waals surface area contributed by atoms with Gasteiger partial charge >= 0.3 is 0 Å². The molecular formula is C13H7ClFNOS. The Labute approximate surface area is 111 Å². The Morgan fingerprint density at radius 2 is 2.11 bits per heavy atom. The zero-order valence-electron chi connectivity index (χ0n) is 9.04. The van der Waals surface area contributed by atoms with Crippen LogP contribution in [-0.2, 0) is 0 Å². The Hall–Kier alpha value is -1.65. The highest BCUT2D eigenvalue weighted by Gasteiger charge is 2.15. The van der Waals surface area contributed by atoms with Crippen LogP contribution < -0.4 is 0 Å². The van der Waals surface area contributed by atoms with Crippen LogP contribution >= 0.6 is 22.9 Å². The van der Waals surface area contributed by atoms with Gasteiger partial charge in [0.2, 0.25) is 0 Å². The molecule has 0 spiro atoms. The summed E-state index contributed by atoms with van der Waals surface area (Å²) in [5, 5.41) is 0.588. The molecule has 0 radical (unpaired) electrons. The van der Waals surface area contributed by atoms with Crippen LogP contribution in [0.25, 0.3) is 21.5 Å². The summed E-state index contributed by atoms with van der Waals surface area (Å²) in [6, 6.07) is 8.22. The molecule has 3 rings (SSSR count). The third-order valence-electron chi connectivity index (χ3n) is 2.76. The molecule has 0 aliphatic heterocycles. The van der Waals surface area contributed by atoms with Gasteiger partial charge in [0.1, 0.15) is 5.82 Å². The lowest BCUT2D eigenvalue weighted by Crippen LogP contribution is -1.80. The molecule has 2 nitrogen and oxygen atoms in total. The third-order valence-corrected chi connectivity index (χ3v) is 4.01. The van der Waals surface area contributed by atoms with E-state index in [-0.39, 0.29) is 5.82 Å². The Morgan fingerprint density at radius 3 is 2.78 bits per heavy atom. The van der Waals surface area contributed by atoms with Gasteiger partial charge in [0.05, 0.1) is 20.4 Å². The van der Waals surface area contributed by atoms with Gasteiger partial charge < -0.3 is 4.98 Å². The first-order valence-electron chi connectivity index (χ1n) is 5.22. The molecule has 0 atom stereocenters. The number of aldehydes is 1. The normalized spacial score (nSPS) is 11.0. The van der Waals surface area contributed by atoms with Gasteiger partial charge in [-0.05, 0) is 18.2 Å². The molecule has 90 valence electrons. The van der Waals surface area contributed by atoms with Crippen LogP contribution in [0.15, 0.2) is 30.3 Å². The molecule has 0 aliphatic rings. The number of rotatable bonds is 2. The van der Waals surface area contributed by atoms with Gasteiger partial charge in [0.25, 0.3) is 0 Å². The lowest BCUT2D eigenvalue weighted by Gasteiger charge is -1.93. The maximum atomic E-state index is 13.7. The fourth-order valence-electron chi connectivity index (χ4n) is 1.97.